The zero-order valence-corrected chi connectivity index (χ0v) is 10.1. The van der Waals surface area contributed by atoms with Gasteiger partial charge in [0.25, 0.3) is 0 Å². The van der Waals surface area contributed by atoms with Gasteiger partial charge in [-0.2, -0.15) is 0 Å². The van der Waals surface area contributed by atoms with Crippen LogP contribution in [0.1, 0.15) is 12.6 Å². The van der Waals surface area contributed by atoms with E-state index < -0.39 is 0 Å². The Bertz CT molecular complexity index is 470. The molecule has 0 aliphatic carbocycles. The quantitative estimate of drug-likeness (QED) is 0.774. The van der Waals surface area contributed by atoms with E-state index in [-0.39, 0.29) is 0 Å². The third kappa shape index (κ3) is 3.51. The van der Waals surface area contributed by atoms with Gasteiger partial charge in [0.05, 0.1) is 24.4 Å². The second-order valence-corrected chi connectivity index (χ2v) is 3.90. The van der Waals surface area contributed by atoms with E-state index in [9.17, 15) is 0 Å². The highest BCUT2D eigenvalue weighted by Gasteiger charge is 1.97. The second-order valence-electron chi connectivity index (χ2n) is 3.90. The van der Waals surface area contributed by atoms with Gasteiger partial charge >= 0.3 is 0 Å². The minimum atomic E-state index is 0.580. The lowest BCUT2D eigenvalue weighted by atomic mass is 10.2. The van der Waals surface area contributed by atoms with Gasteiger partial charge in [0.1, 0.15) is 0 Å². The number of hydrogen-bond acceptors (Lipinski definition) is 3. The molecule has 0 amide bonds. The molecular formula is C14H18N2O. The van der Waals surface area contributed by atoms with Crippen molar-refractivity contribution < 1.29 is 4.74 Å². The molecule has 0 fully saturated rings. The van der Waals surface area contributed by atoms with E-state index in [0.29, 0.717) is 6.61 Å². The Labute approximate surface area is 102 Å². The number of pyridine rings is 1. The Balaban J connectivity index is 1.90. The summed E-state index contributed by atoms with van der Waals surface area (Å²) in [7, 11) is 0. The first-order valence-electron chi connectivity index (χ1n) is 6.03. The predicted octanol–water partition coefficient (Wildman–Crippen LogP) is 2.36. The summed E-state index contributed by atoms with van der Waals surface area (Å²) in [5.74, 6) is 0. The summed E-state index contributed by atoms with van der Waals surface area (Å²) in [5, 5.41) is 4.39. The topological polar surface area (TPSA) is 34.1 Å². The zero-order chi connectivity index (χ0) is 11.9. The molecule has 0 saturated carbocycles. The maximum absolute atomic E-state index is 5.55. The first-order chi connectivity index (χ1) is 8.40. The number of aromatic nitrogens is 1. The van der Waals surface area contributed by atoms with E-state index in [1.54, 1.807) is 0 Å². The van der Waals surface area contributed by atoms with Gasteiger partial charge in [0, 0.05) is 11.9 Å². The van der Waals surface area contributed by atoms with Crippen molar-refractivity contribution in [3.05, 3.63) is 42.1 Å². The molecular weight excluding hydrogens is 212 g/mol. The van der Waals surface area contributed by atoms with Gasteiger partial charge < -0.3 is 10.1 Å². The molecule has 0 radical (unpaired) electrons. The van der Waals surface area contributed by atoms with E-state index in [1.165, 1.54) is 5.39 Å². The van der Waals surface area contributed by atoms with Crippen LogP contribution in [0.3, 0.4) is 0 Å². The minimum absolute atomic E-state index is 0.580. The van der Waals surface area contributed by atoms with Crippen LogP contribution in [0.2, 0.25) is 0 Å². The standard InChI is InChI=1S/C14H18N2O/c1-2-15-9-10-17-11-13-8-7-12-5-3-4-6-14(12)16-13/h3-8,15H,2,9-11H2,1H3. The highest BCUT2D eigenvalue weighted by molar-refractivity contribution is 5.78. The normalized spacial score (nSPS) is 10.9. The number of para-hydroxylation sites is 1. The fraction of sp³-hybridized carbons (Fsp3) is 0.357. The van der Waals surface area contributed by atoms with Crippen molar-refractivity contribution >= 4 is 10.9 Å². The summed E-state index contributed by atoms with van der Waals surface area (Å²) in [5.41, 5.74) is 2.01. The van der Waals surface area contributed by atoms with E-state index >= 15 is 0 Å². The summed E-state index contributed by atoms with van der Waals surface area (Å²) in [6.07, 6.45) is 0. The lowest BCUT2D eigenvalue weighted by Gasteiger charge is -2.05. The van der Waals surface area contributed by atoms with Gasteiger partial charge in [-0.05, 0) is 18.7 Å². The second kappa shape index (κ2) is 6.33. The van der Waals surface area contributed by atoms with E-state index in [4.69, 9.17) is 4.74 Å². The molecule has 0 bridgehead atoms. The van der Waals surface area contributed by atoms with Crippen LogP contribution in [0.5, 0.6) is 0 Å². The fourth-order valence-electron chi connectivity index (χ4n) is 1.69. The fourth-order valence-corrected chi connectivity index (χ4v) is 1.69. The Morgan fingerprint density at radius 1 is 1.18 bits per heavy atom. The van der Waals surface area contributed by atoms with Crippen LogP contribution in [0, 0.1) is 0 Å². The third-order valence-corrected chi connectivity index (χ3v) is 2.58. The number of rotatable bonds is 6. The molecule has 0 atom stereocenters. The molecule has 2 aromatic rings. The van der Waals surface area contributed by atoms with Crippen molar-refractivity contribution in [1.29, 1.82) is 0 Å². The van der Waals surface area contributed by atoms with Crippen LogP contribution >= 0.6 is 0 Å². The molecule has 1 heterocycles. The molecule has 90 valence electrons. The molecule has 0 saturated heterocycles. The minimum Gasteiger partial charge on any atom is -0.374 e. The molecule has 1 aromatic heterocycles. The summed E-state index contributed by atoms with van der Waals surface area (Å²) in [6, 6.07) is 12.2. The number of nitrogens with one attached hydrogen (secondary N) is 1. The highest BCUT2D eigenvalue weighted by Crippen LogP contribution is 2.12. The lowest BCUT2D eigenvalue weighted by molar-refractivity contribution is 0.120. The number of benzene rings is 1. The molecule has 1 aromatic carbocycles. The maximum atomic E-state index is 5.55. The Hall–Kier alpha value is -1.45. The van der Waals surface area contributed by atoms with E-state index in [1.807, 2.05) is 24.3 Å². The average Bonchev–Trinajstić information content (AvgIpc) is 2.38. The number of nitrogens with zero attached hydrogens (tertiary/aromatic N) is 1. The van der Waals surface area contributed by atoms with Gasteiger partial charge in [0.2, 0.25) is 0 Å². The van der Waals surface area contributed by atoms with Crippen LogP contribution in [-0.2, 0) is 11.3 Å². The molecule has 0 aliphatic heterocycles. The van der Waals surface area contributed by atoms with Gasteiger partial charge in [-0.1, -0.05) is 31.2 Å². The average molecular weight is 230 g/mol. The number of likely N-dealkylation sites (N-methyl/N-ethyl adjacent to an activating group) is 1. The summed E-state index contributed by atoms with van der Waals surface area (Å²) < 4.78 is 5.55. The van der Waals surface area contributed by atoms with Crippen LogP contribution in [0.25, 0.3) is 10.9 Å². The molecule has 0 aliphatic rings. The van der Waals surface area contributed by atoms with Crippen molar-refractivity contribution in [1.82, 2.24) is 10.3 Å². The van der Waals surface area contributed by atoms with Crippen molar-refractivity contribution in [2.75, 3.05) is 19.7 Å². The molecule has 1 N–H and O–H groups in total. The van der Waals surface area contributed by atoms with E-state index in [0.717, 1.165) is 30.9 Å². The predicted molar refractivity (Wildman–Crippen MR) is 69.9 cm³/mol. The number of hydrogen-bond donors (Lipinski definition) is 1. The van der Waals surface area contributed by atoms with Crippen molar-refractivity contribution in [3.8, 4) is 0 Å². The summed E-state index contributed by atoms with van der Waals surface area (Å²) in [4.78, 5) is 4.55. The van der Waals surface area contributed by atoms with Gasteiger partial charge in [0.15, 0.2) is 0 Å². The van der Waals surface area contributed by atoms with Crippen LogP contribution < -0.4 is 5.32 Å². The molecule has 17 heavy (non-hydrogen) atoms. The molecule has 0 spiro atoms. The van der Waals surface area contributed by atoms with E-state index in [2.05, 4.69) is 29.4 Å². The molecule has 0 unspecified atom stereocenters. The van der Waals surface area contributed by atoms with Crippen LogP contribution in [0.4, 0.5) is 0 Å². The summed E-state index contributed by atoms with van der Waals surface area (Å²) >= 11 is 0. The third-order valence-electron chi connectivity index (χ3n) is 2.58. The Morgan fingerprint density at radius 3 is 2.94 bits per heavy atom. The molecule has 3 nitrogen and oxygen atoms in total. The van der Waals surface area contributed by atoms with Crippen LogP contribution in [-0.4, -0.2) is 24.7 Å². The van der Waals surface area contributed by atoms with Crippen molar-refractivity contribution in [2.45, 2.75) is 13.5 Å². The van der Waals surface area contributed by atoms with Gasteiger partial charge in [-0.25, -0.2) is 0 Å². The first kappa shape index (κ1) is 12.0. The largest absolute Gasteiger partial charge is 0.374 e. The molecule has 3 heteroatoms. The highest BCUT2D eigenvalue weighted by atomic mass is 16.5. The van der Waals surface area contributed by atoms with Crippen LogP contribution in [0.15, 0.2) is 36.4 Å². The zero-order valence-electron chi connectivity index (χ0n) is 10.1. The Kier molecular flexibility index (Phi) is 4.47. The maximum Gasteiger partial charge on any atom is 0.0888 e. The van der Waals surface area contributed by atoms with Gasteiger partial charge in [-0.3, -0.25) is 4.98 Å². The summed E-state index contributed by atoms with van der Waals surface area (Å²) in [6.45, 7) is 5.27. The first-order valence-corrected chi connectivity index (χ1v) is 6.03. The lowest BCUT2D eigenvalue weighted by Crippen LogP contribution is -2.18. The van der Waals surface area contributed by atoms with Crippen molar-refractivity contribution in [2.24, 2.45) is 0 Å². The number of fused-ring (bicyclic) bond motifs is 1. The SMILES string of the molecule is CCNCCOCc1ccc2ccccc2n1. The smallest absolute Gasteiger partial charge is 0.0888 e. The van der Waals surface area contributed by atoms with Crippen molar-refractivity contribution in [3.63, 3.8) is 0 Å². The Morgan fingerprint density at radius 2 is 2.06 bits per heavy atom. The monoisotopic (exact) mass is 230 g/mol. The molecule has 2 rings (SSSR count). The number of ether oxygens (including phenoxy) is 1. The van der Waals surface area contributed by atoms with Gasteiger partial charge in [-0.15, -0.1) is 0 Å².